The van der Waals surface area contributed by atoms with E-state index in [1.807, 2.05) is 13.8 Å². The lowest BCUT2D eigenvalue weighted by Gasteiger charge is -2.27. The van der Waals surface area contributed by atoms with Crippen LogP contribution in [0.1, 0.15) is 20.8 Å². The molecule has 0 aromatic carbocycles. The minimum atomic E-state index is -2.70. The molecule has 0 heterocycles. The molecular formula is C10H20O5Si. The second-order valence-corrected chi connectivity index (χ2v) is 5.59. The fourth-order valence-electron chi connectivity index (χ4n) is 1.17. The van der Waals surface area contributed by atoms with Crippen molar-refractivity contribution in [2.75, 3.05) is 13.2 Å². The lowest BCUT2D eigenvalue weighted by atomic mass is 10.6. The average molecular weight is 248 g/mol. The predicted molar refractivity (Wildman–Crippen MR) is 61.7 cm³/mol. The summed E-state index contributed by atoms with van der Waals surface area (Å²) in [5.74, 6) is -0.531. The molecule has 0 saturated heterocycles. The molecule has 5 nitrogen and oxygen atoms in total. The van der Waals surface area contributed by atoms with Gasteiger partial charge in [0.15, 0.2) is 6.29 Å². The quantitative estimate of drug-likeness (QED) is 0.283. The zero-order valence-corrected chi connectivity index (χ0v) is 11.3. The topological polar surface area (TPSA) is 54.0 Å². The molecule has 0 amide bonds. The second-order valence-electron chi connectivity index (χ2n) is 3.05. The van der Waals surface area contributed by atoms with E-state index in [1.165, 1.54) is 0 Å². The summed E-state index contributed by atoms with van der Waals surface area (Å²) in [5, 5.41) is 0. The number of esters is 1. The van der Waals surface area contributed by atoms with Gasteiger partial charge in [-0.1, -0.05) is 6.58 Å². The molecule has 94 valence electrons. The Labute approximate surface area is 97.7 Å². The summed E-state index contributed by atoms with van der Waals surface area (Å²) in [5.41, 5.74) is 0. The Kier molecular flexibility index (Phi) is 7.23. The van der Waals surface area contributed by atoms with Crippen molar-refractivity contribution in [3.05, 3.63) is 12.7 Å². The summed E-state index contributed by atoms with van der Waals surface area (Å²) < 4.78 is 21.2. The Balaban J connectivity index is 4.26. The van der Waals surface area contributed by atoms with Crippen molar-refractivity contribution < 1.29 is 22.8 Å². The third kappa shape index (κ3) is 6.01. The van der Waals surface area contributed by atoms with Gasteiger partial charge in [0.05, 0.1) is 0 Å². The van der Waals surface area contributed by atoms with Gasteiger partial charge in [0.2, 0.25) is 0 Å². The molecule has 16 heavy (non-hydrogen) atoms. The van der Waals surface area contributed by atoms with Gasteiger partial charge in [-0.3, -0.25) is 0 Å². The molecule has 0 bridgehead atoms. The molecule has 0 aromatic rings. The predicted octanol–water partition coefficient (Wildman–Crippen LogP) is 1.72. The van der Waals surface area contributed by atoms with Gasteiger partial charge in [0.25, 0.3) is 0 Å². The van der Waals surface area contributed by atoms with E-state index in [9.17, 15) is 4.79 Å². The van der Waals surface area contributed by atoms with Gasteiger partial charge >= 0.3 is 14.8 Å². The summed E-state index contributed by atoms with van der Waals surface area (Å²) in [6.45, 7) is 11.4. The van der Waals surface area contributed by atoms with Crippen LogP contribution in [0.2, 0.25) is 6.55 Å². The fraction of sp³-hybridized carbons (Fsp3) is 0.700. The van der Waals surface area contributed by atoms with Crippen LogP contribution in [0.5, 0.6) is 0 Å². The Morgan fingerprint density at radius 3 is 2.25 bits per heavy atom. The first-order valence-corrected chi connectivity index (χ1v) is 7.48. The maximum Gasteiger partial charge on any atom is 0.500 e. The maximum atomic E-state index is 10.9. The third-order valence-corrected chi connectivity index (χ3v) is 4.03. The molecule has 0 aromatic heterocycles. The third-order valence-electron chi connectivity index (χ3n) is 1.64. The van der Waals surface area contributed by atoms with Crippen LogP contribution in [0.3, 0.4) is 0 Å². The molecular weight excluding hydrogens is 228 g/mol. The van der Waals surface area contributed by atoms with Crippen molar-refractivity contribution >= 4 is 14.8 Å². The van der Waals surface area contributed by atoms with E-state index in [0.29, 0.717) is 13.2 Å². The summed E-state index contributed by atoms with van der Waals surface area (Å²) in [6, 6.07) is 0. The zero-order valence-electron chi connectivity index (χ0n) is 10.3. The number of ether oxygens (including phenoxy) is 1. The van der Waals surface area contributed by atoms with Gasteiger partial charge in [-0.15, -0.1) is 0 Å². The minimum absolute atomic E-state index is 0.491. The second kappa shape index (κ2) is 7.56. The Morgan fingerprint density at radius 2 is 1.88 bits per heavy atom. The van der Waals surface area contributed by atoms with Crippen LogP contribution in [-0.4, -0.2) is 34.3 Å². The molecule has 0 aliphatic heterocycles. The number of carbonyl (C=O) groups excluding carboxylic acids is 1. The van der Waals surface area contributed by atoms with Gasteiger partial charge in [-0.25, -0.2) is 4.79 Å². The minimum Gasteiger partial charge on any atom is -0.434 e. The van der Waals surface area contributed by atoms with E-state index in [0.717, 1.165) is 6.08 Å². The first-order chi connectivity index (χ1) is 7.47. The Bertz CT molecular complexity index is 225. The van der Waals surface area contributed by atoms with Crippen LogP contribution in [0, 0.1) is 0 Å². The van der Waals surface area contributed by atoms with Gasteiger partial charge < -0.3 is 18.0 Å². The highest BCUT2D eigenvalue weighted by molar-refractivity contribution is 6.59. The van der Waals surface area contributed by atoms with E-state index in [4.69, 9.17) is 18.0 Å². The molecule has 1 unspecified atom stereocenters. The van der Waals surface area contributed by atoms with E-state index in [1.54, 1.807) is 13.5 Å². The summed E-state index contributed by atoms with van der Waals surface area (Å²) in [6.07, 6.45) is 0.375. The number of hydrogen-bond acceptors (Lipinski definition) is 5. The standard InChI is InChI=1S/C10H20O5Si/c1-6-10(11)14-9(4)15-16(5,12-7-2)13-8-3/h6,9H,1,7-8H2,2-5H3. The highest BCUT2D eigenvalue weighted by Gasteiger charge is 2.36. The van der Waals surface area contributed by atoms with Crippen LogP contribution in [-0.2, 0) is 22.8 Å². The van der Waals surface area contributed by atoms with Crippen molar-refractivity contribution in [1.29, 1.82) is 0 Å². The first-order valence-electron chi connectivity index (χ1n) is 5.26. The molecule has 0 saturated carbocycles. The van der Waals surface area contributed by atoms with Crippen molar-refractivity contribution in [3.8, 4) is 0 Å². The Hall–Kier alpha value is -0.693. The first kappa shape index (κ1) is 15.3. The lowest BCUT2D eigenvalue weighted by Crippen LogP contribution is -2.45. The molecule has 0 fully saturated rings. The highest BCUT2D eigenvalue weighted by atomic mass is 28.4. The zero-order chi connectivity index (χ0) is 12.6. The van der Waals surface area contributed by atoms with Crippen LogP contribution >= 0.6 is 0 Å². The van der Waals surface area contributed by atoms with E-state index >= 15 is 0 Å². The Morgan fingerprint density at radius 1 is 1.38 bits per heavy atom. The molecule has 0 aliphatic rings. The molecule has 0 aliphatic carbocycles. The monoisotopic (exact) mass is 248 g/mol. The SMILES string of the molecule is C=CC(=O)OC(C)O[Si](C)(OCC)OCC. The molecule has 0 radical (unpaired) electrons. The van der Waals surface area contributed by atoms with Crippen molar-refractivity contribution in [3.63, 3.8) is 0 Å². The van der Waals surface area contributed by atoms with Gasteiger partial charge in [0, 0.05) is 25.8 Å². The van der Waals surface area contributed by atoms with Crippen molar-refractivity contribution in [2.45, 2.75) is 33.6 Å². The van der Waals surface area contributed by atoms with Crippen LogP contribution < -0.4 is 0 Å². The lowest BCUT2D eigenvalue weighted by molar-refractivity contribution is -0.160. The molecule has 0 rings (SSSR count). The normalized spacial score (nSPS) is 13.2. The maximum absolute atomic E-state index is 10.9. The van der Waals surface area contributed by atoms with E-state index in [-0.39, 0.29) is 0 Å². The number of hydrogen-bond donors (Lipinski definition) is 0. The molecule has 0 N–H and O–H groups in total. The average Bonchev–Trinajstić information content (AvgIpc) is 2.17. The molecule has 1 atom stereocenters. The highest BCUT2D eigenvalue weighted by Crippen LogP contribution is 2.13. The molecule has 0 spiro atoms. The van der Waals surface area contributed by atoms with Crippen molar-refractivity contribution in [1.82, 2.24) is 0 Å². The molecule has 6 heteroatoms. The number of carbonyl (C=O) groups is 1. The van der Waals surface area contributed by atoms with Gasteiger partial charge in [-0.05, 0) is 20.8 Å². The van der Waals surface area contributed by atoms with Crippen LogP contribution in [0.4, 0.5) is 0 Å². The van der Waals surface area contributed by atoms with Gasteiger partial charge in [-0.2, -0.15) is 0 Å². The van der Waals surface area contributed by atoms with Crippen LogP contribution in [0.15, 0.2) is 12.7 Å². The van der Waals surface area contributed by atoms with E-state index < -0.39 is 21.1 Å². The summed E-state index contributed by atoms with van der Waals surface area (Å²) >= 11 is 0. The largest absolute Gasteiger partial charge is 0.500 e. The van der Waals surface area contributed by atoms with Crippen molar-refractivity contribution in [2.24, 2.45) is 0 Å². The number of rotatable bonds is 8. The smallest absolute Gasteiger partial charge is 0.434 e. The summed E-state index contributed by atoms with van der Waals surface area (Å²) in [4.78, 5) is 10.9. The van der Waals surface area contributed by atoms with E-state index in [2.05, 4.69) is 6.58 Å². The van der Waals surface area contributed by atoms with Crippen LogP contribution in [0.25, 0.3) is 0 Å². The fourth-order valence-corrected chi connectivity index (χ4v) is 3.09. The summed E-state index contributed by atoms with van der Waals surface area (Å²) in [7, 11) is -2.70. The van der Waals surface area contributed by atoms with Gasteiger partial charge in [0.1, 0.15) is 0 Å².